The van der Waals surface area contributed by atoms with Gasteiger partial charge in [-0.15, -0.1) is 0 Å². The van der Waals surface area contributed by atoms with Crippen LogP contribution in [0.25, 0.3) is 0 Å². The molecule has 1 aliphatic carbocycles. The zero-order valence-electron chi connectivity index (χ0n) is 11.6. The van der Waals surface area contributed by atoms with Gasteiger partial charge in [0.1, 0.15) is 6.73 Å². The summed E-state index contributed by atoms with van der Waals surface area (Å²) in [5.41, 5.74) is 3.05. The summed E-state index contributed by atoms with van der Waals surface area (Å²) in [6.07, 6.45) is 11.1. The average molecular weight is 255 g/mol. The molecule has 1 aliphatic rings. The molecule has 0 fully saturated rings. The minimum Gasteiger partial charge on any atom is -0.375 e. The van der Waals surface area contributed by atoms with Crippen LogP contribution < -0.4 is 0 Å². The van der Waals surface area contributed by atoms with Crippen molar-refractivity contribution in [3.63, 3.8) is 0 Å². The molecule has 0 saturated carbocycles. The molecule has 0 aromatic heterocycles. The smallest absolute Gasteiger partial charge is 0.134 e. The topological polar surface area (TPSA) is 32.6 Å². The molecule has 0 radical (unpaired) electrons. The molecular formula is C17H21NO. The van der Waals surface area contributed by atoms with Gasteiger partial charge < -0.3 is 5.11 Å². The van der Waals surface area contributed by atoms with Crippen molar-refractivity contribution >= 4 is 5.71 Å². The second-order valence-electron chi connectivity index (χ2n) is 3.76. The van der Waals surface area contributed by atoms with E-state index < -0.39 is 0 Å². The second-order valence-corrected chi connectivity index (χ2v) is 3.76. The molecule has 19 heavy (non-hydrogen) atoms. The van der Waals surface area contributed by atoms with Crippen molar-refractivity contribution in [3.8, 4) is 0 Å². The number of aliphatic hydroxyl groups is 1. The Bertz CT molecular complexity index is 481. The third kappa shape index (κ3) is 5.06. The predicted molar refractivity (Wildman–Crippen MR) is 82.4 cm³/mol. The molecule has 0 aliphatic heterocycles. The molecule has 1 aromatic rings. The van der Waals surface area contributed by atoms with E-state index in [1.807, 2.05) is 62.4 Å². The minimum atomic E-state index is -0.187. The number of hydrogen-bond acceptors (Lipinski definition) is 2. The molecule has 0 atom stereocenters. The lowest BCUT2D eigenvalue weighted by Gasteiger charge is -2.05. The van der Waals surface area contributed by atoms with E-state index in [-0.39, 0.29) is 6.73 Å². The standard InChI is InChI=1S/C15H15NO.C2H6/c17-12-16-15(14-9-5-2-6-10-14)11-13-7-3-1-4-8-13;1-2/h1-7,9-11,17H,8,12H2;1-2H3/b13-11-,16-15+;. The van der Waals surface area contributed by atoms with Crippen molar-refractivity contribution in [3.05, 3.63) is 71.8 Å². The first-order chi connectivity index (χ1) is 9.40. The SMILES string of the molecule is CC.OC/N=C(\C=C1\C=CC=CC1)c1ccccc1. The van der Waals surface area contributed by atoms with Crippen molar-refractivity contribution in [1.82, 2.24) is 0 Å². The Kier molecular flexibility index (Phi) is 7.21. The molecule has 100 valence electrons. The van der Waals surface area contributed by atoms with E-state index in [0.717, 1.165) is 17.7 Å². The number of aliphatic hydroxyl groups excluding tert-OH is 1. The highest BCUT2D eigenvalue weighted by atomic mass is 16.3. The number of hydrogen-bond donors (Lipinski definition) is 1. The average Bonchev–Trinajstić information content (AvgIpc) is 2.51. The van der Waals surface area contributed by atoms with Gasteiger partial charge in [-0.05, 0) is 23.6 Å². The summed E-state index contributed by atoms with van der Waals surface area (Å²) in [6.45, 7) is 3.81. The van der Waals surface area contributed by atoms with Gasteiger partial charge in [0.2, 0.25) is 0 Å². The lowest BCUT2D eigenvalue weighted by molar-refractivity contribution is 0.309. The summed E-state index contributed by atoms with van der Waals surface area (Å²) in [4.78, 5) is 4.13. The van der Waals surface area contributed by atoms with Gasteiger partial charge in [-0.3, -0.25) is 4.99 Å². The number of nitrogens with zero attached hydrogens (tertiary/aromatic N) is 1. The number of aliphatic imine (C=N–C) groups is 1. The largest absolute Gasteiger partial charge is 0.375 e. The molecule has 1 N–H and O–H groups in total. The van der Waals surface area contributed by atoms with Crippen molar-refractivity contribution in [2.45, 2.75) is 20.3 Å². The van der Waals surface area contributed by atoms with Crippen LogP contribution >= 0.6 is 0 Å². The van der Waals surface area contributed by atoms with Crippen molar-refractivity contribution in [1.29, 1.82) is 0 Å². The van der Waals surface area contributed by atoms with Crippen LogP contribution in [0.15, 0.2) is 71.3 Å². The molecule has 0 saturated heterocycles. The van der Waals surface area contributed by atoms with Gasteiger partial charge >= 0.3 is 0 Å². The Balaban J connectivity index is 0.000000861. The first-order valence-corrected chi connectivity index (χ1v) is 6.64. The van der Waals surface area contributed by atoms with Gasteiger partial charge in [-0.2, -0.15) is 0 Å². The molecule has 1 aromatic carbocycles. The van der Waals surface area contributed by atoms with Gasteiger partial charge in [0.05, 0.1) is 5.71 Å². The maximum Gasteiger partial charge on any atom is 0.134 e. The zero-order chi connectivity index (χ0) is 13.9. The molecule has 0 unspecified atom stereocenters. The third-order valence-corrected chi connectivity index (χ3v) is 2.54. The first kappa shape index (κ1) is 15.1. The van der Waals surface area contributed by atoms with Gasteiger partial charge in [0.15, 0.2) is 0 Å². The highest BCUT2D eigenvalue weighted by Crippen LogP contribution is 2.12. The molecule has 2 rings (SSSR count). The van der Waals surface area contributed by atoms with Crippen molar-refractivity contribution < 1.29 is 5.11 Å². The highest BCUT2D eigenvalue weighted by molar-refractivity contribution is 6.09. The number of benzene rings is 1. The Morgan fingerprint density at radius 2 is 1.95 bits per heavy atom. The Hall–Kier alpha value is -1.93. The van der Waals surface area contributed by atoms with E-state index in [1.54, 1.807) is 0 Å². The summed E-state index contributed by atoms with van der Waals surface area (Å²) in [5, 5.41) is 8.98. The fraction of sp³-hybridized carbons (Fsp3) is 0.235. The van der Waals surface area contributed by atoms with Gasteiger partial charge in [-0.1, -0.05) is 68.5 Å². The van der Waals surface area contributed by atoms with E-state index in [9.17, 15) is 0 Å². The van der Waals surface area contributed by atoms with Crippen LogP contribution in [0.3, 0.4) is 0 Å². The van der Waals surface area contributed by atoms with Crippen LogP contribution in [0, 0.1) is 0 Å². The maximum atomic E-state index is 8.98. The van der Waals surface area contributed by atoms with Crippen molar-refractivity contribution in [2.24, 2.45) is 4.99 Å². The van der Waals surface area contributed by atoms with Crippen LogP contribution in [0.4, 0.5) is 0 Å². The first-order valence-electron chi connectivity index (χ1n) is 6.64. The van der Waals surface area contributed by atoms with Crippen LogP contribution in [-0.4, -0.2) is 17.5 Å². The van der Waals surface area contributed by atoms with Crippen LogP contribution in [0.2, 0.25) is 0 Å². The minimum absolute atomic E-state index is 0.187. The van der Waals surface area contributed by atoms with Crippen LogP contribution in [-0.2, 0) is 0 Å². The quantitative estimate of drug-likeness (QED) is 0.816. The summed E-state index contributed by atoms with van der Waals surface area (Å²) in [6, 6.07) is 9.90. The maximum absolute atomic E-state index is 8.98. The lowest BCUT2D eigenvalue weighted by atomic mass is 10.0. The van der Waals surface area contributed by atoms with E-state index in [1.165, 1.54) is 5.57 Å². The van der Waals surface area contributed by atoms with E-state index >= 15 is 0 Å². The highest BCUT2D eigenvalue weighted by Gasteiger charge is 2.01. The summed E-state index contributed by atoms with van der Waals surface area (Å²) >= 11 is 0. The zero-order valence-corrected chi connectivity index (χ0v) is 11.6. The Labute approximate surface area is 115 Å². The summed E-state index contributed by atoms with van der Waals surface area (Å²) in [5.74, 6) is 0. The predicted octanol–water partition coefficient (Wildman–Crippen LogP) is 3.89. The lowest BCUT2D eigenvalue weighted by Crippen LogP contribution is -2.00. The van der Waals surface area contributed by atoms with Gasteiger partial charge in [-0.25, -0.2) is 0 Å². The van der Waals surface area contributed by atoms with Crippen LogP contribution in [0.5, 0.6) is 0 Å². The molecule has 0 amide bonds. The summed E-state index contributed by atoms with van der Waals surface area (Å²) in [7, 11) is 0. The molecule has 0 spiro atoms. The Morgan fingerprint density at radius 1 is 1.21 bits per heavy atom. The molecular weight excluding hydrogens is 234 g/mol. The number of rotatable bonds is 3. The van der Waals surface area contributed by atoms with Gasteiger partial charge in [0.25, 0.3) is 0 Å². The molecule has 2 heteroatoms. The Morgan fingerprint density at radius 3 is 2.53 bits per heavy atom. The second kappa shape index (κ2) is 9.06. The summed E-state index contributed by atoms with van der Waals surface area (Å²) < 4.78 is 0. The van der Waals surface area contributed by atoms with E-state index in [4.69, 9.17) is 5.11 Å². The van der Waals surface area contributed by atoms with Crippen molar-refractivity contribution in [2.75, 3.05) is 6.73 Å². The van der Waals surface area contributed by atoms with E-state index in [0.29, 0.717) is 0 Å². The molecule has 0 heterocycles. The third-order valence-electron chi connectivity index (χ3n) is 2.54. The molecule has 2 nitrogen and oxygen atoms in total. The van der Waals surface area contributed by atoms with E-state index in [2.05, 4.69) is 17.1 Å². The monoisotopic (exact) mass is 255 g/mol. The fourth-order valence-electron chi connectivity index (χ4n) is 1.72. The number of allylic oxidation sites excluding steroid dienone is 6. The van der Waals surface area contributed by atoms with Gasteiger partial charge in [0, 0.05) is 0 Å². The molecule has 0 bridgehead atoms. The normalized spacial score (nSPS) is 16.2. The fourth-order valence-corrected chi connectivity index (χ4v) is 1.72. The van der Waals surface area contributed by atoms with Crippen LogP contribution in [0.1, 0.15) is 25.8 Å².